The Morgan fingerprint density at radius 2 is 0.588 bits per heavy atom. The molecule has 0 aromatic carbocycles. The minimum Gasteiger partial charge on any atom is -0.466 e. The molecule has 0 heterocycles. The molecule has 1 amide bonds. The van der Waals surface area contributed by atoms with E-state index in [9.17, 15) is 19.8 Å². The van der Waals surface area contributed by atoms with Crippen molar-refractivity contribution in [3.05, 3.63) is 36.5 Å². The van der Waals surface area contributed by atoms with E-state index in [0.717, 1.165) is 44.9 Å². The van der Waals surface area contributed by atoms with Crippen molar-refractivity contribution in [2.75, 3.05) is 13.2 Å². The zero-order valence-corrected chi connectivity index (χ0v) is 54.1. The van der Waals surface area contributed by atoms with Crippen molar-refractivity contribution >= 4 is 11.9 Å². The second-order valence-electron chi connectivity index (χ2n) is 24.9. The third-order valence-electron chi connectivity index (χ3n) is 16.9. The first-order valence-corrected chi connectivity index (χ1v) is 36.3. The maximum atomic E-state index is 12.5. The quantitative estimate of drug-likeness (QED) is 0.0320. The number of unbranched alkanes of at least 4 members (excludes halogenated alkanes) is 53. The number of carbonyl (C=O) groups is 2. The normalized spacial score (nSPS) is 12.7. The van der Waals surface area contributed by atoms with Gasteiger partial charge in [0, 0.05) is 12.8 Å². The van der Waals surface area contributed by atoms with E-state index < -0.39 is 12.1 Å². The average Bonchev–Trinajstić information content (AvgIpc) is 3.46. The van der Waals surface area contributed by atoms with Gasteiger partial charge >= 0.3 is 5.97 Å². The van der Waals surface area contributed by atoms with Gasteiger partial charge in [-0.25, -0.2) is 0 Å². The van der Waals surface area contributed by atoms with Gasteiger partial charge in [-0.05, 0) is 83.5 Å². The zero-order chi connectivity index (χ0) is 57.8. The van der Waals surface area contributed by atoms with Crippen LogP contribution in [0.25, 0.3) is 0 Å². The van der Waals surface area contributed by atoms with Gasteiger partial charge in [0.25, 0.3) is 0 Å². The molecule has 0 aromatic heterocycles. The Hall–Kier alpha value is -1.92. The van der Waals surface area contributed by atoms with Gasteiger partial charge in [0.1, 0.15) is 0 Å². The number of nitrogens with one attached hydrogen (secondary N) is 1. The fourth-order valence-corrected chi connectivity index (χ4v) is 11.3. The lowest BCUT2D eigenvalue weighted by molar-refractivity contribution is -0.143. The third kappa shape index (κ3) is 65.2. The molecule has 0 saturated heterocycles. The highest BCUT2D eigenvalue weighted by molar-refractivity contribution is 5.76. The number of hydrogen-bond donors (Lipinski definition) is 3. The maximum Gasteiger partial charge on any atom is 0.305 e. The fraction of sp³-hybridized carbons (Fsp3) is 0.892. The van der Waals surface area contributed by atoms with Crippen LogP contribution in [0.15, 0.2) is 36.5 Å². The lowest BCUT2D eigenvalue weighted by Crippen LogP contribution is -2.45. The summed E-state index contributed by atoms with van der Waals surface area (Å²) in [6, 6.07) is -0.623. The van der Waals surface area contributed by atoms with E-state index >= 15 is 0 Å². The number of aliphatic hydroxyl groups excluding tert-OH is 2. The molecular weight excluding hydrogens is 983 g/mol. The number of aliphatic hydroxyl groups is 2. The number of allylic oxidation sites excluding steroid dienone is 5. The van der Waals surface area contributed by atoms with Gasteiger partial charge in [-0.3, -0.25) is 9.59 Å². The van der Waals surface area contributed by atoms with Crippen LogP contribution in [-0.4, -0.2) is 47.4 Å². The van der Waals surface area contributed by atoms with Gasteiger partial charge in [-0.2, -0.15) is 0 Å². The first kappa shape index (κ1) is 78.1. The van der Waals surface area contributed by atoms with Gasteiger partial charge in [-0.15, -0.1) is 0 Å². The summed E-state index contributed by atoms with van der Waals surface area (Å²) in [6.07, 6.45) is 89.7. The van der Waals surface area contributed by atoms with Crippen LogP contribution in [0.3, 0.4) is 0 Å². The fourth-order valence-electron chi connectivity index (χ4n) is 11.3. The molecule has 0 aromatic rings. The number of amides is 1. The van der Waals surface area contributed by atoms with E-state index in [1.54, 1.807) is 6.08 Å². The molecule has 0 fully saturated rings. The molecule has 0 aliphatic rings. The Kier molecular flexibility index (Phi) is 67.9. The molecule has 6 heteroatoms. The van der Waals surface area contributed by atoms with Crippen LogP contribution >= 0.6 is 0 Å². The van der Waals surface area contributed by atoms with Crippen LogP contribution in [0, 0.1) is 0 Å². The molecule has 0 aliphatic heterocycles. The number of ether oxygens (including phenoxy) is 1. The van der Waals surface area contributed by atoms with Gasteiger partial charge < -0.3 is 20.3 Å². The first-order chi connectivity index (χ1) is 39.5. The van der Waals surface area contributed by atoms with E-state index in [4.69, 9.17) is 4.74 Å². The summed E-state index contributed by atoms with van der Waals surface area (Å²) in [5.41, 5.74) is 0. The second kappa shape index (κ2) is 69.6. The zero-order valence-electron chi connectivity index (χ0n) is 54.1. The van der Waals surface area contributed by atoms with E-state index in [2.05, 4.69) is 43.5 Å². The summed E-state index contributed by atoms with van der Waals surface area (Å²) in [5, 5.41) is 23.1. The van der Waals surface area contributed by atoms with Crippen molar-refractivity contribution in [3.63, 3.8) is 0 Å². The van der Waals surface area contributed by atoms with Gasteiger partial charge in [0.05, 0.1) is 25.4 Å². The number of esters is 1. The highest BCUT2D eigenvalue weighted by atomic mass is 16.5. The smallest absolute Gasteiger partial charge is 0.305 e. The Morgan fingerprint density at radius 3 is 0.912 bits per heavy atom. The van der Waals surface area contributed by atoms with Crippen LogP contribution < -0.4 is 5.32 Å². The van der Waals surface area contributed by atoms with Crippen molar-refractivity contribution in [3.8, 4) is 0 Å². The van der Waals surface area contributed by atoms with E-state index in [1.165, 1.54) is 327 Å². The minimum absolute atomic E-state index is 0.0123. The van der Waals surface area contributed by atoms with Crippen molar-refractivity contribution in [1.29, 1.82) is 0 Å². The SMILES string of the molecule is CCCCC/C=C\CCCCCCCC(=O)OCCCCCCCCCCCCCCCCCCCC/C=C\CCCCCCCCCCCCCCCCCCCC(=O)NC(CO)C(O)/C=C/CCCCCCCCCCCC. The molecular formula is C74H141NO5. The first-order valence-electron chi connectivity index (χ1n) is 36.3. The van der Waals surface area contributed by atoms with Crippen LogP contribution in [0.2, 0.25) is 0 Å². The molecule has 80 heavy (non-hydrogen) atoms. The number of rotatable bonds is 68. The average molecular weight is 1120 g/mol. The molecule has 6 nitrogen and oxygen atoms in total. The lowest BCUT2D eigenvalue weighted by atomic mass is 10.0. The Labute approximate surface area is 500 Å². The summed E-state index contributed by atoms with van der Waals surface area (Å²) in [5.74, 6) is -0.0504. The van der Waals surface area contributed by atoms with Gasteiger partial charge in [0.2, 0.25) is 5.91 Å². The van der Waals surface area contributed by atoms with Crippen molar-refractivity contribution < 1.29 is 24.5 Å². The topological polar surface area (TPSA) is 95.9 Å². The van der Waals surface area contributed by atoms with E-state index in [-0.39, 0.29) is 18.5 Å². The second-order valence-corrected chi connectivity index (χ2v) is 24.9. The maximum absolute atomic E-state index is 12.5. The Bertz CT molecular complexity index is 1300. The Morgan fingerprint density at radius 1 is 0.338 bits per heavy atom. The van der Waals surface area contributed by atoms with Crippen LogP contribution in [0.4, 0.5) is 0 Å². The highest BCUT2D eigenvalue weighted by Gasteiger charge is 2.18. The molecule has 472 valence electrons. The molecule has 0 radical (unpaired) electrons. The predicted molar refractivity (Wildman–Crippen MR) is 352 cm³/mol. The predicted octanol–water partition coefficient (Wildman–Crippen LogP) is 23.5. The number of hydrogen-bond acceptors (Lipinski definition) is 5. The van der Waals surface area contributed by atoms with Gasteiger partial charge in [0.15, 0.2) is 0 Å². The van der Waals surface area contributed by atoms with Crippen LogP contribution in [0.5, 0.6) is 0 Å². The lowest BCUT2D eigenvalue weighted by Gasteiger charge is -2.20. The van der Waals surface area contributed by atoms with Crippen LogP contribution in [-0.2, 0) is 14.3 Å². The largest absolute Gasteiger partial charge is 0.466 e. The van der Waals surface area contributed by atoms with E-state index in [0.29, 0.717) is 19.4 Å². The highest BCUT2D eigenvalue weighted by Crippen LogP contribution is 2.19. The van der Waals surface area contributed by atoms with Crippen LogP contribution in [0.1, 0.15) is 399 Å². The van der Waals surface area contributed by atoms with Crippen molar-refractivity contribution in [2.45, 2.75) is 411 Å². The summed E-state index contributed by atoms with van der Waals surface area (Å²) in [4.78, 5) is 24.5. The third-order valence-corrected chi connectivity index (χ3v) is 16.9. The molecule has 2 unspecified atom stereocenters. The summed E-state index contributed by atoms with van der Waals surface area (Å²) in [6.45, 7) is 4.90. The molecule has 3 N–H and O–H groups in total. The molecule has 0 saturated carbocycles. The molecule has 0 spiro atoms. The van der Waals surface area contributed by atoms with Crippen molar-refractivity contribution in [1.82, 2.24) is 5.32 Å². The molecule has 0 aliphatic carbocycles. The summed E-state index contributed by atoms with van der Waals surface area (Å²) < 4.78 is 5.48. The molecule has 2 atom stereocenters. The summed E-state index contributed by atoms with van der Waals surface area (Å²) in [7, 11) is 0. The standard InChI is InChI=1S/C74H141NO5/c1-3-5-7-9-11-13-15-46-50-54-58-62-66-72(77)71(70-76)75-73(78)67-63-59-55-51-47-44-42-40-38-36-34-32-30-28-26-24-22-20-18-17-19-21-23-25-27-29-31-33-35-37-39-41-43-45-49-53-57-61-65-69-80-74(79)68-64-60-56-52-48-16-14-12-10-8-6-4-2/h12,14,17-18,62,66,71-72,76-77H,3-11,13,15-16,19-61,63-65,67-70H2,1-2H3,(H,75,78)/b14-12-,18-17-,66-62+. The molecule has 0 bridgehead atoms. The van der Waals surface area contributed by atoms with E-state index in [1.807, 2.05) is 6.08 Å². The monoisotopic (exact) mass is 1120 g/mol. The Balaban J connectivity index is 3.32. The minimum atomic E-state index is -0.840. The summed E-state index contributed by atoms with van der Waals surface area (Å²) >= 11 is 0. The molecule has 0 rings (SSSR count). The van der Waals surface area contributed by atoms with Gasteiger partial charge in [-0.1, -0.05) is 339 Å². The number of carbonyl (C=O) groups excluding carboxylic acids is 2. The van der Waals surface area contributed by atoms with Crippen molar-refractivity contribution in [2.24, 2.45) is 0 Å².